The molecule has 2 aromatic carbocycles. The molecule has 120 valence electrons. The maximum Gasteiger partial charge on any atom is 0.363 e. The summed E-state index contributed by atoms with van der Waals surface area (Å²) in [6, 6.07) is 13.0. The minimum atomic E-state index is -0.557. The summed E-state index contributed by atoms with van der Waals surface area (Å²) in [4.78, 5) is 16.1. The van der Waals surface area contributed by atoms with Crippen LogP contribution in [0.3, 0.4) is 0 Å². The third-order valence-corrected chi connectivity index (χ3v) is 4.27. The van der Waals surface area contributed by atoms with E-state index >= 15 is 0 Å². The molecule has 1 heterocycles. The van der Waals surface area contributed by atoms with Crippen molar-refractivity contribution in [3.05, 3.63) is 74.3 Å². The Kier molecular flexibility index (Phi) is 4.97. The number of nitrogens with zero attached hydrogens (tertiary/aromatic N) is 1. The maximum atomic E-state index is 11.9. The normalized spacial score (nSPS) is 15.8. The Labute approximate surface area is 155 Å². The van der Waals surface area contributed by atoms with Gasteiger partial charge in [-0.25, -0.2) is 9.79 Å². The fourth-order valence-corrected chi connectivity index (χ4v) is 3.33. The molecule has 0 fully saturated rings. The number of benzene rings is 2. The SMILES string of the molecule is O=C1OC(/C=C\c2ccccc2)=NC/1=C/c1cc(Br)cc(Br)c1O. The molecule has 1 aliphatic heterocycles. The number of halogens is 2. The second-order valence-corrected chi connectivity index (χ2v) is 6.71. The number of carbonyl (C=O) groups is 1. The minimum Gasteiger partial charge on any atom is -0.506 e. The summed E-state index contributed by atoms with van der Waals surface area (Å²) in [5.74, 6) is -0.316. The number of esters is 1. The molecule has 1 aliphatic rings. The lowest BCUT2D eigenvalue weighted by atomic mass is 10.1. The predicted molar refractivity (Wildman–Crippen MR) is 100 cm³/mol. The highest BCUT2D eigenvalue weighted by Crippen LogP contribution is 2.33. The first-order valence-corrected chi connectivity index (χ1v) is 8.55. The number of hydrogen-bond donors (Lipinski definition) is 1. The fourth-order valence-electron chi connectivity index (χ4n) is 2.07. The molecule has 6 heteroatoms. The maximum absolute atomic E-state index is 11.9. The first-order valence-electron chi connectivity index (χ1n) is 6.96. The molecule has 1 N–H and O–H groups in total. The lowest BCUT2D eigenvalue weighted by Gasteiger charge is -2.03. The number of aromatic hydroxyl groups is 1. The van der Waals surface area contributed by atoms with Crippen molar-refractivity contribution in [2.75, 3.05) is 0 Å². The molecule has 0 saturated carbocycles. The molecule has 0 aliphatic carbocycles. The van der Waals surface area contributed by atoms with Crippen LogP contribution in [0.25, 0.3) is 12.2 Å². The van der Waals surface area contributed by atoms with E-state index in [0.717, 1.165) is 10.0 Å². The summed E-state index contributed by atoms with van der Waals surface area (Å²) >= 11 is 6.59. The van der Waals surface area contributed by atoms with Crippen LogP contribution in [0.2, 0.25) is 0 Å². The molecule has 3 rings (SSSR count). The van der Waals surface area contributed by atoms with Crippen LogP contribution in [0, 0.1) is 0 Å². The van der Waals surface area contributed by atoms with E-state index in [0.29, 0.717) is 10.0 Å². The number of aliphatic imine (C=N–C) groups is 1. The lowest BCUT2D eigenvalue weighted by Crippen LogP contribution is -2.01. The van der Waals surface area contributed by atoms with Gasteiger partial charge in [-0.3, -0.25) is 0 Å². The zero-order valence-corrected chi connectivity index (χ0v) is 15.4. The summed E-state index contributed by atoms with van der Waals surface area (Å²) in [6.07, 6.45) is 4.92. The predicted octanol–water partition coefficient (Wildman–Crippen LogP) is 4.93. The quantitative estimate of drug-likeness (QED) is 0.535. The molecule has 0 bridgehead atoms. The van der Waals surface area contributed by atoms with Crippen molar-refractivity contribution in [2.45, 2.75) is 0 Å². The second kappa shape index (κ2) is 7.15. The fraction of sp³-hybridized carbons (Fsp3) is 0. The van der Waals surface area contributed by atoms with Crippen molar-refractivity contribution in [1.82, 2.24) is 0 Å². The molecule has 2 aromatic rings. The molecule has 0 radical (unpaired) electrons. The first-order chi connectivity index (χ1) is 11.5. The molecule has 0 saturated heterocycles. The van der Waals surface area contributed by atoms with Gasteiger partial charge in [-0.05, 0) is 45.8 Å². The summed E-state index contributed by atoms with van der Waals surface area (Å²) < 4.78 is 6.40. The Balaban J connectivity index is 1.88. The molecular formula is C18H11Br2NO3. The topological polar surface area (TPSA) is 58.9 Å². The third kappa shape index (κ3) is 3.83. The Morgan fingerprint density at radius 2 is 1.83 bits per heavy atom. The van der Waals surface area contributed by atoms with Gasteiger partial charge in [-0.2, -0.15) is 0 Å². The Morgan fingerprint density at radius 3 is 2.58 bits per heavy atom. The van der Waals surface area contributed by atoms with Crippen molar-refractivity contribution < 1.29 is 14.6 Å². The van der Waals surface area contributed by atoms with Gasteiger partial charge in [0.25, 0.3) is 0 Å². The van der Waals surface area contributed by atoms with E-state index in [9.17, 15) is 9.90 Å². The van der Waals surface area contributed by atoms with Crippen molar-refractivity contribution in [3.8, 4) is 5.75 Å². The highest BCUT2D eigenvalue weighted by Gasteiger charge is 2.22. The van der Waals surface area contributed by atoms with Gasteiger partial charge in [0.15, 0.2) is 5.70 Å². The highest BCUT2D eigenvalue weighted by molar-refractivity contribution is 9.11. The van der Waals surface area contributed by atoms with Crippen LogP contribution in [0.15, 0.2) is 68.2 Å². The summed E-state index contributed by atoms with van der Waals surface area (Å²) in [6.45, 7) is 0. The summed E-state index contributed by atoms with van der Waals surface area (Å²) in [5.41, 5.74) is 1.56. The van der Waals surface area contributed by atoms with Crippen LogP contribution in [0.1, 0.15) is 11.1 Å². The van der Waals surface area contributed by atoms with Gasteiger partial charge in [-0.1, -0.05) is 46.3 Å². The Bertz CT molecular complexity index is 887. The smallest absolute Gasteiger partial charge is 0.363 e. The largest absolute Gasteiger partial charge is 0.506 e. The van der Waals surface area contributed by atoms with Crippen molar-refractivity contribution in [1.29, 1.82) is 0 Å². The van der Waals surface area contributed by atoms with Crippen LogP contribution < -0.4 is 0 Å². The van der Waals surface area contributed by atoms with Gasteiger partial charge >= 0.3 is 5.97 Å². The van der Waals surface area contributed by atoms with Crippen LogP contribution in [-0.4, -0.2) is 17.0 Å². The number of phenols is 1. The van der Waals surface area contributed by atoms with Crippen LogP contribution in [0.5, 0.6) is 5.75 Å². The van der Waals surface area contributed by atoms with Gasteiger partial charge in [0.2, 0.25) is 5.90 Å². The molecule has 0 spiro atoms. The van der Waals surface area contributed by atoms with Crippen molar-refractivity contribution >= 4 is 55.9 Å². The second-order valence-electron chi connectivity index (χ2n) is 4.94. The number of cyclic esters (lactones) is 1. The standard InChI is InChI=1S/C18H11Br2NO3/c19-13-8-12(17(22)14(20)10-13)9-15-18(23)24-16(21-15)7-6-11-4-2-1-3-5-11/h1-10,22H/b7-6-,15-9+. The summed E-state index contributed by atoms with van der Waals surface area (Å²) in [7, 11) is 0. The van der Waals surface area contributed by atoms with Gasteiger partial charge in [0.1, 0.15) is 5.75 Å². The van der Waals surface area contributed by atoms with Crippen LogP contribution in [-0.2, 0) is 9.53 Å². The Hall–Kier alpha value is -2.18. The van der Waals surface area contributed by atoms with E-state index < -0.39 is 5.97 Å². The van der Waals surface area contributed by atoms with Gasteiger partial charge < -0.3 is 9.84 Å². The van der Waals surface area contributed by atoms with Gasteiger partial charge in [-0.15, -0.1) is 0 Å². The van der Waals surface area contributed by atoms with Crippen molar-refractivity contribution in [2.24, 2.45) is 4.99 Å². The van der Waals surface area contributed by atoms with E-state index in [1.165, 1.54) is 6.08 Å². The number of phenolic OH excluding ortho intramolecular Hbond substituents is 1. The molecule has 24 heavy (non-hydrogen) atoms. The molecule has 0 atom stereocenters. The summed E-state index contributed by atoms with van der Waals surface area (Å²) in [5, 5.41) is 10.1. The van der Waals surface area contributed by atoms with E-state index in [1.807, 2.05) is 36.4 Å². The van der Waals surface area contributed by atoms with Gasteiger partial charge in [0.05, 0.1) is 4.47 Å². The average molecular weight is 449 g/mol. The zero-order valence-electron chi connectivity index (χ0n) is 12.2. The minimum absolute atomic E-state index is 0.0296. The van der Waals surface area contributed by atoms with Gasteiger partial charge in [0, 0.05) is 16.1 Å². The van der Waals surface area contributed by atoms with E-state index in [4.69, 9.17) is 4.74 Å². The molecule has 4 nitrogen and oxygen atoms in total. The monoisotopic (exact) mass is 447 g/mol. The number of hydrogen-bond acceptors (Lipinski definition) is 4. The Morgan fingerprint density at radius 1 is 1.08 bits per heavy atom. The van der Waals surface area contributed by atoms with E-state index in [2.05, 4.69) is 36.9 Å². The van der Waals surface area contributed by atoms with E-state index in [1.54, 1.807) is 18.2 Å². The molecular weight excluding hydrogens is 438 g/mol. The zero-order chi connectivity index (χ0) is 17.1. The molecule has 0 aromatic heterocycles. The van der Waals surface area contributed by atoms with Crippen LogP contribution in [0.4, 0.5) is 0 Å². The number of carbonyl (C=O) groups excluding carboxylic acids is 1. The van der Waals surface area contributed by atoms with Crippen molar-refractivity contribution in [3.63, 3.8) is 0 Å². The van der Waals surface area contributed by atoms with E-state index in [-0.39, 0.29) is 17.3 Å². The number of rotatable bonds is 3. The number of ether oxygens (including phenoxy) is 1. The first kappa shape index (κ1) is 16.7. The molecule has 0 amide bonds. The molecule has 0 unspecified atom stereocenters. The highest BCUT2D eigenvalue weighted by atomic mass is 79.9. The lowest BCUT2D eigenvalue weighted by molar-refractivity contribution is -0.129. The average Bonchev–Trinajstić information content (AvgIpc) is 2.91. The third-order valence-electron chi connectivity index (χ3n) is 3.20. The van der Waals surface area contributed by atoms with Crippen LogP contribution >= 0.6 is 31.9 Å².